The number of hydrogen-bond donors (Lipinski definition) is 3. The molecule has 2 atom stereocenters. The molecule has 0 rings (SSSR count). The Bertz CT molecular complexity index is 594. The van der Waals surface area contributed by atoms with Gasteiger partial charge in [0.15, 0.2) is 0 Å². The molecule has 0 fully saturated rings. The lowest BCUT2D eigenvalue weighted by molar-refractivity contribution is -0.873. The van der Waals surface area contributed by atoms with Gasteiger partial charge in [0.1, 0.15) is 12.6 Å². The van der Waals surface area contributed by atoms with Crippen molar-refractivity contribution in [1.82, 2.24) is 5.32 Å². The predicted molar refractivity (Wildman–Crippen MR) is 152 cm³/mol. The van der Waals surface area contributed by atoms with Crippen LogP contribution in [-0.4, -0.2) is 73.2 Å². The normalized spacial score (nSPS) is 14.0. The van der Waals surface area contributed by atoms with Gasteiger partial charge in [0.05, 0.1) is 27.2 Å². The molecular weight excluding hydrogens is 491 g/mol. The fourth-order valence-electron chi connectivity index (χ4n) is 4.50. The van der Waals surface area contributed by atoms with Crippen molar-refractivity contribution in [3.05, 3.63) is 0 Å². The average molecular weight is 552 g/mol. The molecule has 0 saturated carbocycles. The molecule has 0 aliphatic rings. The highest BCUT2D eigenvalue weighted by atomic mass is 31.2. The molecule has 0 aromatic rings. The van der Waals surface area contributed by atoms with Crippen molar-refractivity contribution in [2.45, 2.75) is 135 Å². The van der Waals surface area contributed by atoms with Crippen LogP contribution in [0.5, 0.6) is 0 Å². The topological polar surface area (TPSA) is 105 Å². The second-order valence-corrected chi connectivity index (χ2v) is 12.8. The van der Waals surface area contributed by atoms with E-state index in [9.17, 15) is 19.1 Å². The molecule has 0 heterocycles. The maximum absolute atomic E-state index is 12.4. The van der Waals surface area contributed by atoms with Gasteiger partial charge in [-0.3, -0.25) is 9.32 Å². The summed E-state index contributed by atoms with van der Waals surface area (Å²) in [4.78, 5) is 31.3. The van der Waals surface area contributed by atoms with Gasteiger partial charge >= 0.3 is 7.82 Å². The van der Waals surface area contributed by atoms with Crippen LogP contribution in [0, 0.1) is 0 Å². The highest BCUT2D eigenvalue weighted by Crippen LogP contribution is 2.39. The number of carbonyl (C=O) groups is 1. The fraction of sp³-hybridized carbons (Fsp3) is 0.964. The summed E-state index contributed by atoms with van der Waals surface area (Å²) in [6, 6.07) is 0. The first kappa shape index (κ1) is 36.5. The van der Waals surface area contributed by atoms with Gasteiger partial charge in [-0.2, -0.15) is 0 Å². The quantitative estimate of drug-likeness (QED) is 0.0658. The van der Waals surface area contributed by atoms with E-state index in [0.29, 0.717) is 37.0 Å². The number of phosphoric acid groups is 1. The van der Waals surface area contributed by atoms with Gasteiger partial charge in [-0.25, -0.2) is 4.57 Å². The minimum atomic E-state index is -4.64. The zero-order valence-electron chi connectivity index (χ0n) is 24.7. The summed E-state index contributed by atoms with van der Waals surface area (Å²) in [7, 11) is 1.23. The summed E-state index contributed by atoms with van der Waals surface area (Å²) >= 11 is 0. The van der Waals surface area contributed by atoms with Gasteiger partial charge in [0.25, 0.3) is 0 Å². The van der Waals surface area contributed by atoms with Gasteiger partial charge in [0.2, 0.25) is 5.91 Å². The minimum Gasteiger partial charge on any atom is -0.376 e. The van der Waals surface area contributed by atoms with E-state index in [1.54, 1.807) is 0 Å². The number of ether oxygens (including phenoxy) is 1. The highest BCUT2D eigenvalue weighted by Gasteiger charge is 2.30. The monoisotopic (exact) mass is 551 g/mol. The van der Waals surface area contributed by atoms with Crippen molar-refractivity contribution >= 4 is 13.7 Å². The summed E-state index contributed by atoms with van der Waals surface area (Å²) in [6.45, 7) is 5.75. The standard InChI is InChI=1S/C28H59N2O6P/c1-6-8-10-12-14-16-18-20-22-35-26(23-27(25-30(3,4)5)36-37(32,33)34)24-29-28(31)21-19-17-15-13-11-9-7-2/h26-27H,6-25H2,1-5H3,(H2-,29,31,32,33,34)/p+1. The van der Waals surface area contributed by atoms with Crippen LogP contribution in [0.3, 0.4) is 0 Å². The Balaban J connectivity index is 4.67. The molecule has 0 radical (unpaired) electrons. The van der Waals surface area contributed by atoms with Crippen LogP contribution >= 0.6 is 7.82 Å². The number of carbonyl (C=O) groups excluding carboxylic acids is 1. The van der Waals surface area contributed by atoms with Gasteiger partial charge in [-0.15, -0.1) is 0 Å². The zero-order valence-corrected chi connectivity index (χ0v) is 25.6. The number of phosphoric ester groups is 1. The van der Waals surface area contributed by atoms with E-state index in [1.807, 2.05) is 21.1 Å². The molecule has 0 bridgehead atoms. The van der Waals surface area contributed by atoms with Crippen LogP contribution in [0.4, 0.5) is 0 Å². The molecule has 0 aromatic heterocycles. The fourth-order valence-corrected chi connectivity index (χ4v) is 5.05. The molecule has 8 nitrogen and oxygen atoms in total. The molecule has 222 valence electrons. The molecule has 9 heteroatoms. The predicted octanol–water partition coefficient (Wildman–Crippen LogP) is 6.34. The second-order valence-electron chi connectivity index (χ2n) is 11.6. The number of quaternary nitrogens is 1. The zero-order chi connectivity index (χ0) is 28.0. The summed E-state index contributed by atoms with van der Waals surface area (Å²) in [5.41, 5.74) is 0. The molecule has 37 heavy (non-hydrogen) atoms. The first-order chi connectivity index (χ1) is 17.5. The number of hydrogen-bond acceptors (Lipinski definition) is 4. The van der Waals surface area contributed by atoms with Gasteiger partial charge in [0, 0.05) is 26.0 Å². The van der Waals surface area contributed by atoms with E-state index < -0.39 is 13.9 Å². The van der Waals surface area contributed by atoms with Gasteiger partial charge < -0.3 is 24.3 Å². The molecular formula is C28H60N2O6P+. The summed E-state index contributed by atoms with van der Waals surface area (Å²) < 4.78 is 23.3. The van der Waals surface area contributed by atoms with Gasteiger partial charge in [-0.05, 0) is 12.8 Å². The Kier molecular flexibility index (Phi) is 22.0. The van der Waals surface area contributed by atoms with Crippen LogP contribution in [0.15, 0.2) is 0 Å². The van der Waals surface area contributed by atoms with Crippen molar-refractivity contribution in [3.63, 3.8) is 0 Å². The average Bonchev–Trinajstić information content (AvgIpc) is 2.78. The third-order valence-corrected chi connectivity index (χ3v) is 7.02. The van der Waals surface area contributed by atoms with Crippen molar-refractivity contribution in [2.24, 2.45) is 0 Å². The lowest BCUT2D eigenvalue weighted by atomic mass is 10.1. The van der Waals surface area contributed by atoms with Gasteiger partial charge in [-0.1, -0.05) is 97.3 Å². The first-order valence-corrected chi connectivity index (χ1v) is 16.4. The van der Waals surface area contributed by atoms with Crippen LogP contribution in [0.25, 0.3) is 0 Å². The Labute approximate surface area is 228 Å². The second kappa shape index (κ2) is 22.3. The van der Waals surface area contributed by atoms with E-state index in [1.165, 1.54) is 70.6 Å². The van der Waals surface area contributed by atoms with Crippen LogP contribution in [0.2, 0.25) is 0 Å². The maximum atomic E-state index is 12.4. The number of amides is 1. The Morgan fingerprint density at radius 3 is 1.76 bits per heavy atom. The lowest BCUT2D eigenvalue weighted by Crippen LogP contribution is -2.45. The van der Waals surface area contributed by atoms with Crippen LogP contribution < -0.4 is 5.32 Å². The van der Waals surface area contributed by atoms with Crippen molar-refractivity contribution in [2.75, 3.05) is 40.8 Å². The first-order valence-electron chi connectivity index (χ1n) is 14.9. The van der Waals surface area contributed by atoms with E-state index in [4.69, 9.17) is 9.26 Å². The third kappa shape index (κ3) is 26.9. The summed E-state index contributed by atoms with van der Waals surface area (Å²) in [5.74, 6) is 0.00768. The van der Waals surface area contributed by atoms with E-state index >= 15 is 0 Å². The van der Waals surface area contributed by atoms with Crippen molar-refractivity contribution < 1.29 is 32.9 Å². The number of unbranched alkanes of at least 4 members (excludes halogenated alkanes) is 13. The largest absolute Gasteiger partial charge is 0.470 e. The SMILES string of the molecule is CCCCCCCCCCOC(CNC(=O)CCCCCCCCC)CC(C[N+](C)(C)C)OP(=O)(O)O. The third-order valence-electron chi connectivity index (χ3n) is 6.45. The molecule has 2 unspecified atom stereocenters. The molecule has 0 saturated heterocycles. The number of rotatable bonds is 26. The molecule has 3 N–H and O–H groups in total. The summed E-state index contributed by atoms with van der Waals surface area (Å²) in [6.07, 6.45) is 17.6. The van der Waals surface area contributed by atoms with Crippen LogP contribution in [-0.2, 0) is 18.6 Å². The minimum absolute atomic E-state index is 0.00768. The smallest absolute Gasteiger partial charge is 0.376 e. The number of nitrogens with one attached hydrogen (secondary N) is 1. The van der Waals surface area contributed by atoms with E-state index in [0.717, 1.165) is 25.7 Å². The van der Waals surface area contributed by atoms with E-state index in [2.05, 4.69) is 19.2 Å². The summed E-state index contributed by atoms with van der Waals surface area (Å²) in [5, 5.41) is 2.99. The Hall–Kier alpha value is -0.500. The molecule has 1 amide bonds. The van der Waals surface area contributed by atoms with Crippen molar-refractivity contribution in [3.8, 4) is 0 Å². The molecule has 0 aliphatic carbocycles. The molecule has 0 aliphatic heterocycles. The highest BCUT2D eigenvalue weighted by molar-refractivity contribution is 7.46. The lowest BCUT2D eigenvalue weighted by Gasteiger charge is -2.31. The number of likely N-dealkylation sites (N-methyl/N-ethyl adjacent to an activating group) is 1. The Morgan fingerprint density at radius 2 is 1.27 bits per heavy atom. The molecule has 0 spiro atoms. The molecule has 0 aromatic carbocycles. The number of nitrogens with zero attached hydrogens (tertiary/aromatic N) is 1. The maximum Gasteiger partial charge on any atom is 0.470 e. The van der Waals surface area contributed by atoms with E-state index in [-0.39, 0.29) is 12.0 Å². The van der Waals surface area contributed by atoms with Crippen LogP contribution in [0.1, 0.15) is 123 Å². The Morgan fingerprint density at radius 1 is 0.784 bits per heavy atom. The van der Waals surface area contributed by atoms with Crippen molar-refractivity contribution in [1.29, 1.82) is 0 Å².